The van der Waals surface area contributed by atoms with Crippen LogP contribution in [0.5, 0.6) is 0 Å². The normalized spacial score (nSPS) is 12.4. The van der Waals surface area contributed by atoms with Crippen molar-refractivity contribution in [3.8, 4) is 11.1 Å². The van der Waals surface area contributed by atoms with E-state index >= 15 is 0 Å². The molecule has 3 rings (SSSR count). The van der Waals surface area contributed by atoms with Gasteiger partial charge in [0.25, 0.3) is 0 Å². The van der Waals surface area contributed by atoms with Crippen LogP contribution in [-0.2, 0) is 0 Å². The summed E-state index contributed by atoms with van der Waals surface area (Å²) in [7, 11) is 0. The third-order valence-corrected chi connectivity index (χ3v) is 3.00. The van der Waals surface area contributed by atoms with E-state index in [0.717, 1.165) is 16.9 Å². The van der Waals surface area contributed by atoms with E-state index in [4.69, 9.17) is 0 Å². The molecule has 0 spiro atoms. The predicted octanol–water partition coefficient (Wildman–Crippen LogP) is 4.22. The van der Waals surface area contributed by atoms with Crippen molar-refractivity contribution in [3.05, 3.63) is 47.5 Å². The Labute approximate surface area is 100 Å². The van der Waals surface area contributed by atoms with Crippen LogP contribution in [0.3, 0.4) is 0 Å². The third-order valence-electron chi connectivity index (χ3n) is 3.00. The highest BCUT2D eigenvalue weighted by molar-refractivity contribution is 5.86. The van der Waals surface area contributed by atoms with Crippen molar-refractivity contribution in [1.29, 1.82) is 0 Å². The molecular formula is C14H12N3. The van der Waals surface area contributed by atoms with E-state index in [-0.39, 0.29) is 0 Å². The molecule has 1 radical (unpaired) electrons. The molecule has 3 heteroatoms. The van der Waals surface area contributed by atoms with Gasteiger partial charge in [0.05, 0.1) is 0 Å². The molecule has 0 bridgehead atoms. The lowest BCUT2D eigenvalue weighted by Crippen LogP contribution is -1.86. The zero-order chi connectivity index (χ0) is 11.8. The average molecular weight is 222 g/mol. The fourth-order valence-corrected chi connectivity index (χ4v) is 2.06. The third kappa shape index (κ3) is 1.60. The van der Waals surface area contributed by atoms with Crippen LogP contribution in [0.4, 0.5) is 11.4 Å². The Kier molecular flexibility index (Phi) is 2.18. The van der Waals surface area contributed by atoms with Crippen molar-refractivity contribution in [2.24, 2.45) is 10.3 Å². The standard InChI is InChI=1S/C14H12N3/c1-9-3-6-11(7-4-9)13-10(2)5-8-12-14(13)16-17-15-12/h3-8H,1-2H3. The van der Waals surface area contributed by atoms with Gasteiger partial charge in [-0.2, -0.15) is 0 Å². The first kappa shape index (κ1) is 10.0. The smallest absolute Gasteiger partial charge is 0.123 e. The van der Waals surface area contributed by atoms with Crippen molar-refractivity contribution < 1.29 is 0 Å². The van der Waals surface area contributed by atoms with E-state index in [1.807, 2.05) is 6.07 Å². The second-order valence-electron chi connectivity index (χ2n) is 4.28. The van der Waals surface area contributed by atoms with Crippen LogP contribution >= 0.6 is 0 Å². The summed E-state index contributed by atoms with van der Waals surface area (Å²) in [6, 6.07) is 12.5. The summed E-state index contributed by atoms with van der Waals surface area (Å²) in [5.74, 6) is 0. The Hall–Kier alpha value is -2.16. The van der Waals surface area contributed by atoms with Crippen LogP contribution in [-0.4, -0.2) is 0 Å². The largest absolute Gasteiger partial charge is 0.128 e. The molecule has 0 aliphatic carbocycles. The number of fused-ring (bicyclic) bond motifs is 1. The summed E-state index contributed by atoms with van der Waals surface area (Å²) in [5.41, 5.74) is 10.5. The number of aryl methyl sites for hydroxylation is 2. The molecule has 1 aliphatic heterocycles. The minimum Gasteiger partial charge on any atom is -0.128 e. The van der Waals surface area contributed by atoms with Crippen LogP contribution in [0.15, 0.2) is 46.7 Å². The van der Waals surface area contributed by atoms with Crippen LogP contribution in [0.25, 0.3) is 11.1 Å². The van der Waals surface area contributed by atoms with E-state index in [1.165, 1.54) is 16.7 Å². The summed E-state index contributed by atoms with van der Waals surface area (Å²) in [4.78, 5) is 0. The molecule has 0 fully saturated rings. The lowest BCUT2D eigenvalue weighted by atomic mass is 9.97. The van der Waals surface area contributed by atoms with Gasteiger partial charge in [0.2, 0.25) is 0 Å². The predicted molar refractivity (Wildman–Crippen MR) is 67.7 cm³/mol. The van der Waals surface area contributed by atoms with Gasteiger partial charge in [-0.25, -0.2) is 0 Å². The van der Waals surface area contributed by atoms with E-state index in [1.54, 1.807) is 0 Å². The molecule has 0 aromatic heterocycles. The maximum atomic E-state index is 4.12. The van der Waals surface area contributed by atoms with Crippen molar-refractivity contribution in [2.75, 3.05) is 0 Å². The Bertz CT molecular complexity index is 598. The molecule has 1 heterocycles. The first-order chi connectivity index (χ1) is 8.25. The quantitative estimate of drug-likeness (QED) is 0.693. The number of hydrogen-bond acceptors (Lipinski definition) is 2. The Morgan fingerprint density at radius 1 is 0.882 bits per heavy atom. The highest BCUT2D eigenvalue weighted by Gasteiger charge is 2.17. The lowest BCUT2D eigenvalue weighted by Gasteiger charge is -2.09. The maximum Gasteiger partial charge on any atom is 0.123 e. The zero-order valence-electron chi connectivity index (χ0n) is 9.81. The van der Waals surface area contributed by atoms with Gasteiger partial charge < -0.3 is 0 Å². The zero-order valence-corrected chi connectivity index (χ0v) is 9.81. The summed E-state index contributed by atoms with van der Waals surface area (Å²) >= 11 is 0. The highest BCUT2D eigenvalue weighted by atomic mass is 15.5. The molecule has 2 aromatic rings. The SMILES string of the molecule is Cc1ccc(-c2c(C)ccc3c2N=N[N]3)cc1. The molecule has 2 aromatic carbocycles. The van der Waals surface area contributed by atoms with Gasteiger partial charge in [-0.3, -0.25) is 0 Å². The maximum absolute atomic E-state index is 4.12. The van der Waals surface area contributed by atoms with Crippen molar-refractivity contribution >= 4 is 11.4 Å². The summed E-state index contributed by atoms with van der Waals surface area (Å²) in [6.45, 7) is 4.17. The van der Waals surface area contributed by atoms with Crippen LogP contribution in [0.2, 0.25) is 0 Å². The van der Waals surface area contributed by atoms with Gasteiger partial charge in [-0.15, -0.1) is 10.5 Å². The summed E-state index contributed by atoms with van der Waals surface area (Å²) in [5, 5.41) is 7.86. The number of nitrogens with zero attached hydrogens (tertiary/aromatic N) is 3. The van der Waals surface area contributed by atoms with E-state index in [0.29, 0.717) is 0 Å². The molecule has 0 saturated heterocycles. The number of benzene rings is 2. The molecule has 17 heavy (non-hydrogen) atoms. The number of rotatable bonds is 1. The summed E-state index contributed by atoms with van der Waals surface area (Å²) in [6.07, 6.45) is 0. The van der Waals surface area contributed by atoms with Crippen LogP contribution in [0, 0.1) is 13.8 Å². The van der Waals surface area contributed by atoms with Crippen molar-refractivity contribution in [2.45, 2.75) is 13.8 Å². The van der Waals surface area contributed by atoms with Gasteiger partial charge in [0.15, 0.2) is 0 Å². The van der Waals surface area contributed by atoms with Gasteiger partial charge in [-0.1, -0.05) is 35.9 Å². The van der Waals surface area contributed by atoms with Gasteiger partial charge in [-0.05, 0) is 36.3 Å². The molecule has 1 aliphatic rings. The van der Waals surface area contributed by atoms with Crippen LogP contribution in [0.1, 0.15) is 11.1 Å². The second-order valence-corrected chi connectivity index (χ2v) is 4.28. The van der Waals surface area contributed by atoms with E-state index < -0.39 is 0 Å². The van der Waals surface area contributed by atoms with Gasteiger partial charge >= 0.3 is 0 Å². The average Bonchev–Trinajstić information content (AvgIpc) is 2.79. The van der Waals surface area contributed by atoms with Gasteiger partial charge in [0.1, 0.15) is 11.4 Å². The fourth-order valence-electron chi connectivity index (χ4n) is 2.06. The second kappa shape index (κ2) is 3.70. The topological polar surface area (TPSA) is 38.8 Å². The molecule has 83 valence electrons. The molecule has 0 amide bonds. The van der Waals surface area contributed by atoms with E-state index in [2.05, 4.69) is 59.9 Å². The Morgan fingerprint density at radius 3 is 2.41 bits per heavy atom. The van der Waals surface area contributed by atoms with E-state index in [9.17, 15) is 0 Å². The highest BCUT2D eigenvalue weighted by Crippen LogP contribution is 2.42. The minimum absolute atomic E-state index is 0.853. The molecule has 3 nitrogen and oxygen atoms in total. The first-order valence-electron chi connectivity index (χ1n) is 5.58. The fraction of sp³-hybridized carbons (Fsp3) is 0.143. The lowest BCUT2D eigenvalue weighted by molar-refractivity contribution is 0.923. The van der Waals surface area contributed by atoms with Crippen molar-refractivity contribution in [1.82, 2.24) is 5.43 Å². The molecule has 0 saturated carbocycles. The number of hydrogen-bond donors (Lipinski definition) is 0. The molecule has 0 N–H and O–H groups in total. The molecule has 0 unspecified atom stereocenters. The first-order valence-corrected chi connectivity index (χ1v) is 5.58. The van der Waals surface area contributed by atoms with Gasteiger partial charge in [0, 0.05) is 5.56 Å². The Morgan fingerprint density at radius 2 is 1.65 bits per heavy atom. The molecule has 0 atom stereocenters. The summed E-state index contributed by atoms with van der Waals surface area (Å²) < 4.78 is 0. The Balaban J connectivity index is 2.23. The van der Waals surface area contributed by atoms with Crippen LogP contribution < -0.4 is 5.43 Å². The monoisotopic (exact) mass is 222 g/mol. The molecular weight excluding hydrogens is 210 g/mol. The van der Waals surface area contributed by atoms with Crippen molar-refractivity contribution in [3.63, 3.8) is 0 Å². The minimum atomic E-state index is 0.853.